The van der Waals surface area contributed by atoms with Crippen molar-refractivity contribution >= 4 is 11.4 Å². The summed E-state index contributed by atoms with van der Waals surface area (Å²) in [7, 11) is 0. The lowest BCUT2D eigenvalue weighted by Gasteiger charge is -2.07. The fourth-order valence-corrected chi connectivity index (χ4v) is 2.62. The van der Waals surface area contributed by atoms with Gasteiger partial charge in [0.05, 0.1) is 11.1 Å². The molecule has 2 aromatic heterocycles. The number of hydrogen-bond donors (Lipinski definition) is 1. The number of rotatable bonds is 3. The third-order valence-electron chi connectivity index (χ3n) is 3.54. The molecule has 1 amide bonds. The predicted octanol–water partition coefficient (Wildman–Crippen LogP) is 1.62. The molecule has 3 rings (SSSR count). The first-order valence-corrected chi connectivity index (χ1v) is 6.22. The van der Waals surface area contributed by atoms with Crippen LogP contribution in [0.5, 0.6) is 0 Å². The normalized spacial score (nSPS) is 19.4. The Morgan fingerprint density at radius 1 is 1.50 bits per heavy atom. The number of carbonyl (C=O) groups excluding carboxylic acids is 1. The van der Waals surface area contributed by atoms with Crippen LogP contribution in [0.15, 0.2) is 30.5 Å². The van der Waals surface area contributed by atoms with Crippen molar-refractivity contribution in [2.45, 2.75) is 12.8 Å². The van der Waals surface area contributed by atoms with Crippen LogP contribution >= 0.6 is 0 Å². The second-order valence-electron chi connectivity index (χ2n) is 4.80. The summed E-state index contributed by atoms with van der Waals surface area (Å²) in [4.78, 5) is 11.4. The van der Waals surface area contributed by atoms with Gasteiger partial charge in [0.25, 0.3) is 5.91 Å². The number of ether oxygens (including phenoxy) is 1. The molecule has 1 fully saturated rings. The lowest BCUT2D eigenvalue weighted by Crippen LogP contribution is -2.10. The highest BCUT2D eigenvalue weighted by Crippen LogP contribution is 2.22. The Morgan fingerprint density at radius 3 is 3.11 bits per heavy atom. The second-order valence-corrected chi connectivity index (χ2v) is 4.80. The zero-order chi connectivity index (χ0) is 12.5. The van der Waals surface area contributed by atoms with Crippen molar-refractivity contribution in [2.75, 3.05) is 13.2 Å². The van der Waals surface area contributed by atoms with Gasteiger partial charge in [0.1, 0.15) is 0 Å². The lowest BCUT2D eigenvalue weighted by molar-refractivity contribution is 0.100. The van der Waals surface area contributed by atoms with Crippen molar-refractivity contribution < 1.29 is 9.53 Å². The molecular formula is C14H16N2O2. The predicted molar refractivity (Wildman–Crippen MR) is 68.5 cm³/mol. The molecule has 0 spiro atoms. The largest absolute Gasteiger partial charge is 0.381 e. The SMILES string of the molecule is NC(=O)c1cc(CC2CCOC2)n2ccccc12. The van der Waals surface area contributed by atoms with Crippen molar-refractivity contribution in [3.05, 3.63) is 41.7 Å². The molecule has 0 aromatic carbocycles. The second kappa shape index (κ2) is 4.46. The first kappa shape index (κ1) is 11.3. The molecule has 0 aliphatic carbocycles. The molecule has 0 bridgehead atoms. The van der Waals surface area contributed by atoms with E-state index in [0.717, 1.165) is 37.3 Å². The van der Waals surface area contributed by atoms with Crippen LogP contribution in [0.4, 0.5) is 0 Å². The molecule has 1 saturated heterocycles. The average Bonchev–Trinajstić information content (AvgIpc) is 2.98. The van der Waals surface area contributed by atoms with E-state index in [1.807, 2.05) is 30.5 Å². The summed E-state index contributed by atoms with van der Waals surface area (Å²) in [5.41, 5.74) is 8.05. The molecule has 2 aromatic rings. The first-order valence-electron chi connectivity index (χ1n) is 6.22. The molecule has 0 radical (unpaired) electrons. The van der Waals surface area contributed by atoms with Gasteiger partial charge in [0.2, 0.25) is 0 Å². The van der Waals surface area contributed by atoms with E-state index in [9.17, 15) is 4.79 Å². The molecule has 1 aliphatic heterocycles. The Bertz CT molecular complexity index is 582. The van der Waals surface area contributed by atoms with Crippen LogP contribution < -0.4 is 5.73 Å². The summed E-state index contributed by atoms with van der Waals surface area (Å²) in [5, 5.41) is 0. The molecule has 4 heteroatoms. The van der Waals surface area contributed by atoms with Gasteiger partial charge in [-0.15, -0.1) is 0 Å². The Morgan fingerprint density at radius 2 is 2.39 bits per heavy atom. The highest BCUT2D eigenvalue weighted by Gasteiger charge is 2.19. The molecule has 2 N–H and O–H groups in total. The van der Waals surface area contributed by atoms with E-state index < -0.39 is 0 Å². The maximum atomic E-state index is 11.4. The minimum absolute atomic E-state index is 0.368. The third kappa shape index (κ3) is 1.88. The van der Waals surface area contributed by atoms with Crippen LogP contribution in [0.25, 0.3) is 5.52 Å². The highest BCUT2D eigenvalue weighted by molar-refractivity contribution is 6.00. The smallest absolute Gasteiger partial charge is 0.250 e. The zero-order valence-electron chi connectivity index (χ0n) is 10.1. The Hall–Kier alpha value is -1.81. The van der Waals surface area contributed by atoms with E-state index in [4.69, 9.17) is 10.5 Å². The number of amides is 1. The molecule has 1 unspecified atom stereocenters. The fourth-order valence-electron chi connectivity index (χ4n) is 2.62. The van der Waals surface area contributed by atoms with Gasteiger partial charge in [-0.2, -0.15) is 0 Å². The topological polar surface area (TPSA) is 56.7 Å². The lowest BCUT2D eigenvalue weighted by atomic mass is 10.0. The van der Waals surface area contributed by atoms with E-state index in [1.54, 1.807) is 0 Å². The maximum Gasteiger partial charge on any atom is 0.250 e. The zero-order valence-corrected chi connectivity index (χ0v) is 10.1. The Labute approximate surface area is 105 Å². The number of primary amides is 1. The number of nitrogens with zero attached hydrogens (tertiary/aromatic N) is 1. The maximum absolute atomic E-state index is 11.4. The number of nitrogens with two attached hydrogens (primary N) is 1. The summed E-state index contributed by atoms with van der Waals surface area (Å²) in [6.07, 6.45) is 4.00. The number of fused-ring (bicyclic) bond motifs is 1. The van der Waals surface area contributed by atoms with Gasteiger partial charge in [-0.1, -0.05) is 6.07 Å². The molecule has 18 heavy (non-hydrogen) atoms. The number of carbonyl (C=O) groups is 1. The molecule has 3 heterocycles. The minimum Gasteiger partial charge on any atom is -0.381 e. The standard InChI is InChI=1S/C14H16N2O2/c15-14(17)12-8-11(7-10-4-6-18-9-10)16-5-2-1-3-13(12)16/h1-3,5,8,10H,4,6-7,9H2,(H2,15,17). The van der Waals surface area contributed by atoms with E-state index in [2.05, 4.69) is 4.40 Å². The average molecular weight is 244 g/mol. The molecular weight excluding hydrogens is 228 g/mol. The van der Waals surface area contributed by atoms with Crippen LogP contribution in [-0.2, 0) is 11.2 Å². The Kier molecular flexibility index (Phi) is 2.80. The highest BCUT2D eigenvalue weighted by atomic mass is 16.5. The van der Waals surface area contributed by atoms with E-state index in [0.29, 0.717) is 11.5 Å². The van der Waals surface area contributed by atoms with Gasteiger partial charge in [-0.25, -0.2) is 0 Å². The first-order chi connectivity index (χ1) is 8.75. The van der Waals surface area contributed by atoms with Crippen LogP contribution in [-0.4, -0.2) is 23.5 Å². The number of aromatic nitrogens is 1. The summed E-state index contributed by atoms with van der Waals surface area (Å²) < 4.78 is 7.45. The van der Waals surface area contributed by atoms with Crippen molar-refractivity contribution in [1.82, 2.24) is 4.40 Å². The van der Waals surface area contributed by atoms with Crippen molar-refractivity contribution in [2.24, 2.45) is 11.7 Å². The molecule has 1 atom stereocenters. The van der Waals surface area contributed by atoms with Crippen molar-refractivity contribution in [3.63, 3.8) is 0 Å². The molecule has 0 saturated carbocycles. The minimum atomic E-state index is -0.368. The summed E-state index contributed by atoms with van der Waals surface area (Å²) >= 11 is 0. The fraction of sp³-hybridized carbons (Fsp3) is 0.357. The van der Waals surface area contributed by atoms with Gasteiger partial charge < -0.3 is 14.9 Å². The van der Waals surface area contributed by atoms with E-state index in [1.165, 1.54) is 0 Å². The van der Waals surface area contributed by atoms with Crippen molar-refractivity contribution in [1.29, 1.82) is 0 Å². The summed E-state index contributed by atoms with van der Waals surface area (Å²) in [5.74, 6) is 0.177. The van der Waals surface area contributed by atoms with Gasteiger partial charge in [0.15, 0.2) is 0 Å². The van der Waals surface area contributed by atoms with Gasteiger partial charge in [-0.05, 0) is 37.0 Å². The monoisotopic (exact) mass is 244 g/mol. The summed E-state index contributed by atoms with van der Waals surface area (Å²) in [6.45, 7) is 1.66. The third-order valence-corrected chi connectivity index (χ3v) is 3.54. The van der Waals surface area contributed by atoms with Crippen LogP contribution in [0, 0.1) is 5.92 Å². The van der Waals surface area contributed by atoms with Crippen LogP contribution in [0.1, 0.15) is 22.5 Å². The van der Waals surface area contributed by atoms with Crippen LogP contribution in [0.3, 0.4) is 0 Å². The molecule has 94 valence electrons. The quantitative estimate of drug-likeness (QED) is 0.892. The number of hydrogen-bond acceptors (Lipinski definition) is 2. The van der Waals surface area contributed by atoms with Gasteiger partial charge in [0, 0.05) is 25.1 Å². The Balaban J connectivity index is 2.02. The van der Waals surface area contributed by atoms with Crippen molar-refractivity contribution in [3.8, 4) is 0 Å². The van der Waals surface area contributed by atoms with Gasteiger partial charge >= 0.3 is 0 Å². The summed E-state index contributed by atoms with van der Waals surface area (Å²) in [6, 6.07) is 7.72. The van der Waals surface area contributed by atoms with E-state index >= 15 is 0 Å². The molecule has 1 aliphatic rings. The van der Waals surface area contributed by atoms with Gasteiger partial charge in [-0.3, -0.25) is 4.79 Å². The van der Waals surface area contributed by atoms with E-state index in [-0.39, 0.29) is 5.91 Å². The number of pyridine rings is 1. The van der Waals surface area contributed by atoms with Crippen LogP contribution in [0.2, 0.25) is 0 Å². The molecule has 4 nitrogen and oxygen atoms in total.